The summed E-state index contributed by atoms with van der Waals surface area (Å²) in [5.74, 6) is 0. The van der Waals surface area contributed by atoms with E-state index < -0.39 is 0 Å². The van der Waals surface area contributed by atoms with Crippen LogP contribution in [0.3, 0.4) is 0 Å². The molecular weight excluding hydrogens is 404 g/mol. The second-order valence-electron chi connectivity index (χ2n) is 11.8. The van der Waals surface area contributed by atoms with Crippen molar-refractivity contribution in [3.05, 3.63) is 83.2 Å². The van der Waals surface area contributed by atoms with Gasteiger partial charge in [0.25, 0.3) is 0 Å². The predicted molar refractivity (Wildman–Crippen MR) is 141 cm³/mol. The molecule has 0 bridgehead atoms. The highest BCUT2D eigenvalue weighted by molar-refractivity contribution is 5.71. The molecule has 0 spiro atoms. The lowest BCUT2D eigenvalue weighted by Gasteiger charge is -2.46. The predicted octanol–water partition coefficient (Wildman–Crippen LogP) is 5.61. The Balaban J connectivity index is 1.75. The highest BCUT2D eigenvalue weighted by Crippen LogP contribution is 2.38. The van der Waals surface area contributed by atoms with Crippen molar-refractivity contribution in [1.82, 2.24) is 5.32 Å². The molecule has 33 heavy (non-hydrogen) atoms. The molecule has 0 aromatic heterocycles. The molecule has 1 saturated carbocycles. The largest absolute Gasteiger partial charge is 0.383 e. The van der Waals surface area contributed by atoms with Crippen molar-refractivity contribution in [2.45, 2.75) is 76.8 Å². The first-order chi connectivity index (χ1) is 15.4. The molecule has 1 fully saturated rings. The third kappa shape index (κ3) is 4.87. The Bertz CT molecular complexity index is 983. The zero-order valence-corrected chi connectivity index (χ0v) is 21.1. The minimum absolute atomic E-state index is 0.119. The van der Waals surface area contributed by atoms with E-state index >= 15 is 0 Å². The minimum atomic E-state index is -0.350. The van der Waals surface area contributed by atoms with Crippen molar-refractivity contribution >= 4 is 11.4 Å². The van der Waals surface area contributed by atoms with Crippen LogP contribution in [0.5, 0.6) is 0 Å². The number of dihydropyridines is 1. The van der Waals surface area contributed by atoms with Gasteiger partial charge in [-0.05, 0) is 71.2 Å². The molecule has 2 aromatic carbocycles. The average molecular weight is 445 g/mol. The Kier molecular flexibility index (Phi) is 5.96. The summed E-state index contributed by atoms with van der Waals surface area (Å²) in [6.07, 6.45) is 6.09. The fourth-order valence-corrected chi connectivity index (χ4v) is 4.76. The van der Waals surface area contributed by atoms with E-state index in [0.717, 1.165) is 42.2 Å². The molecule has 176 valence electrons. The van der Waals surface area contributed by atoms with E-state index in [1.807, 2.05) is 0 Å². The van der Waals surface area contributed by atoms with Crippen LogP contribution in [0.15, 0.2) is 72.1 Å². The fourth-order valence-electron chi connectivity index (χ4n) is 4.76. The molecule has 1 aliphatic carbocycles. The monoisotopic (exact) mass is 444 g/mol. The van der Waals surface area contributed by atoms with Crippen molar-refractivity contribution in [3.63, 3.8) is 0 Å². The van der Waals surface area contributed by atoms with E-state index in [2.05, 4.69) is 112 Å². The Morgan fingerprint density at radius 2 is 1.27 bits per heavy atom. The summed E-state index contributed by atoms with van der Waals surface area (Å²) >= 11 is 0. The first-order valence-electron chi connectivity index (χ1n) is 12.1. The van der Waals surface area contributed by atoms with Gasteiger partial charge in [-0.2, -0.15) is 0 Å². The van der Waals surface area contributed by atoms with E-state index in [0.29, 0.717) is 0 Å². The SMILES string of the molecule is CC(C)(C)c1ccc(N(C2=CCNC(C3(N)CC(N)C3)=C2)c2ccc(C(C)(C)C)cc2)cc1. The van der Waals surface area contributed by atoms with Gasteiger partial charge in [-0.15, -0.1) is 0 Å². The summed E-state index contributed by atoms with van der Waals surface area (Å²) in [7, 11) is 0. The van der Waals surface area contributed by atoms with Crippen molar-refractivity contribution in [2.75, 3.05) is 11.4 Å². The van der Waals surface area contributed by atoms with Crippen LogP contribution < -0.4 is 21.7 Å². The summed E-state index contributed by atoms with van der Waals surface area (Å²) in [5, 5.41) is 3.51. The Hall–Kier alpha value is -2.56. The number of hydrogen-bond acceptors (Lipinski definition) is 4. The Morgan fingerprint density at radius 1 is 0.818 bits per heavy atom. The van der Waals surface area contributed by atoms with Gasteiger partial charge < -0.3 is 21.7 Å². The topological polar surface area (TPSA) is 67.3 Å². The van der Waals surface area contributed by atoms with Crippen molar-refractivity contribution in [1.29, 1.82) is 0 Å². The summed E-state index contributed by atoms with van der Waals surface area (Å²) in [6.45, 7) is 14.3. The van der Waals surface area contributed by atoms with E-state index in [9.17, 15) is 0 Å². The lowest BCUT2D eigenvalue weighted by atomic mass is 9.71. The second-order valence-corrected chi connectivity index (χ2v) is 11.8. The van der Waals surface area contributed by atoms with Gasteiger partial charge in [0.15, 0.2) is 0 Å². The second kappa shape index (κ2) is 8.34. The van der Waals surface area contributed by atoms with Gasteiger partial charge in [0, 0.05) is 35.4 Å². The highest BCUT2D eigenvalue weighted by Gasteiger charge is 2.42. The van der Waals surface area contributed by atoms with Crippen LogP contribution in [0.1, 0.15) is 65.5 Å². The number of rotatable bonds is 4. The molecule has 1 heterocycles. The maximum atomic E-state index is 6.69. The molecular formula is C29H40N4. The fraction of sp³-hybridized carbons (Fsp3) is 0.448. The molecule has 1 aliphatic heterocycles. The third-order valence-electron chi connectivity index (χ3n) is 6.93. The van der Waals surface area contributed by atoms with Crippen molar-refractivity contribution in [3.8, 4) is 0 Å². The third-order valence-corrected chi connectivity index (χ3v) is 6.93. The van der Waals surface area contributed by atoms with E-state index in [4.69, 9.17) is 11.5 Å². The molecule has 4 heteroatoms. The first kappa shape index (κ1) is 23.6. The molecule has 2 aromatic rings. The maximum absolute atomic E-state index is 6.69. The van der Waals surface area contributed by atoms with Gasteiger partial charge in [-0.25, -0.2) is 0 Å². The number of nitrogens with one attached hydrogen (secondary N) is 1. The van der Waals surface area contributed by atoms with Gasteiger partial charge in [-0.3, -0.25) is 0 Å². The Labute approximate surface area is 199 Å². The van der Waals surface area contributed by atoms with Crippen LogP contribution in [0, 0.1) is 0 Å². The summed E-state index contributed by atoms with van der Waals surface area (Å²) in [4.78, 5) is 2.33. The van der Waals surface area contributed by atoms with Crippen LogP contribution in [-0.2, 0) is 10.8 Å². The van der Waals surface area contributed by atoms with E-state index in [-0.39, 0.29) is 22.4 Å². The highest BCUT2D eigenvalue weighted by atomic mass is 15.2. The molecule has 5 N–H and O–H groups in total. The normalized spacial score (nSPS) is 23.2. The number of benzene rings is 2. The quantitative estimate of drug-likeness (QED) is 0.573. The van der Waals surface area contributed by atoms with Gasteiger partial charge in [0.1, 0.15) is 0 Å². The zero-order chi connectivity index (χ0) is 24.0. The van der Waals surface area contributed by atoms with Crippen LogP contribution in [-0.4, -0.2) is 18.1 Å². The molecule has 0 unspecified atom stereocenters. The first-order valence-corrected chi connectivity index (χ1v) is 12.1. The number of nitrogens with two attached hydrogens (primary N) is 2. The number of hydrogen-bond donors (Lipinski definition) is 3. The van der Waals surface area contributed by atoms with Crippen LogP contribution in [0.2, 0.25) is 0 Å². The van der Waals surface area contributed by atoms with E-state index in [1.54, 1.807) is 0 Å². The number of anilines is 2. The maximum Gasteiger partial charge on any atom is 0.0588 e. The summed E-state index contributed by atoms with van der Waals surface area (Å²) in [5.41, 5.74) is 19.8. The van der Waals surface area contributed by atoms with Gasteiger partial charge in [0.2, 0.25) is 0 Å². The number of nitrogens with zero attached hydrogens (tertiary/aromatic N) is 1. The summed E-state index contributed by atoms with van der Waals surface area (Å²) < 4.78 is 0. The van der Waals surface area contributed by atoms with Crippen LogP contribution >= 0.6 is 0 Å². The lowest BCUT2D eigenvalue weighted by Crippen LogP contribution is -2.61. The molecule has 0 atom stereocenters. The van der Waals surface area contributed by atoms with Crippen molar-refractivity contribution < 1.29 is 0 Å². The van der Waals surface area contributed by atoms with Gasteiger partial charge in [-0.1, -0.05) is 65.8 Å². The van der Waals surface area contributed by atoms with E-state index in [1.165, 1.54) is 11.1 Å². The molecule has 0 saturated heterocycles. The van der Waals surface area contributed by atoms with Crippen LogP contribution in [0.4, 0.5) is 11.4 Å². The molecule has 4 rings (SSSR count). The Morgan fingerprint density at radius 3 is 1.67 bits per heavy atom. The zero-order valence-electron chi connectivity index (χ0n) is 21.1. The summed E-state index contributed by atoms with van der Waals surface area (Å²) in [6, 6.07) is 18.1. The van der Waals surface area contributed by atoms with Gasteiger partial charge >= 0.3 is 0 Å². The molecule has 4 nitrogen and oxygen atoms in total. The average Bonchev–Trinajstić information content (AvgIpc) is 2.73. The number of allylic oxidation sites excluding steroid dienone is 1. The van der Waals surface area contributed by atoms with Crippen LogP contribution in [0.25, 0.3) is 0 Å². The smallest absolute Gasteiger partial charge is 0.0588 e. The molecule has 0 amide bonds. The standard InChI is InChI=1S/C29H40N4/c1-27(2,3)20-7-11-23(12-8-20)33(24-13-9-21(10-14-24)28(4,5)6)25-15-16-32-26(17-25)29(31)18-22(30)19-29/h7-15,17,22,32H,16,18-19,30-31H2,1-6H3. The van der Waals surface area contributed by atoms with Crippen molar-refractivity contribution in [2.24, 2.45) is 11.5 Å². The minimum Gasteiger partial charge on any atom is -0.383 e. The van der Waals surface area contributed by atoms with Gasteiger partial charge in [0.05, 0.1) is 5.54 Å². The lowest BCUT2D eigenvalue weighted by molar-refractivity contribution is 0.240. The molecule has 2 aliphatic rings. The molecule has 0 radical (unpaired) electrons.